The SMILES string of the molecule is CC1=NN(c2cccc[n+]2C)C(=O)/C1=C/c1ccc(N(C)C)cc1.COS(=O)(=O)[O-]. The summed E-state index contributed by atoms with van der Waals surface area (Å²) < 4.78 is 32.9. The Morgan fingerprint density at radius 2 is 1.77 bits per heavy atom. The molecule has 160 valence electrons. The molecule has 1 aromatic carbocycles. The molecule has 0 saturated carbocycles. The van der Waals surface area contributed by atoms with Gasteiger partial charge in [-0.25, -0.2) is 17.8 Å². The first-order chi connectivity index (χ1) is 14.0. The van der Waals surface area contributed by atoms with Gasteiger partial charge in [0.2, 0.25) is 10.4 Å². The van der Waals surface area contributed by atoms with E-state index in [9.17, 15) is 17.8 Å². The number of pyridine rings is 1. The zero-order chi connectivity index (χ0) is 22.5. The number of nitrogens with zero attached hydrogens (tertiary/aromatic N) is 4. The van der Waals surface area contributed by atoms with Crippen LogP contribution >= 0.6 is 0 Å². The molecule has 9 nitrogen and oxygen atoms in total. The predicted molar refractivity (Wildman–Crippen MR) is 114 cm³/mol. The van der Waals surface area contributed by atoms with Crippen LogP contribution < -0.4 is 14.5 Å². The molecule has 1 aromatic heterocycles. The maximum atomic E-state index is 12.8. The smallest absolute Gasteiger partial charge is 0.368 e. The molecule has 0 bridgehead atoms. The van der Waals surface area contributed by atoms with Gasteiger partial charge in [0.15, 0.2) is 0 Å². The van der Waals surface area contributed by atoms with Crippen molar-refractivity contribution in [1.29, 1.82) is 0 Å². The number of hydrogen-bond donors (Lipinski definition) is 0. The van der Waals surface area contributed by atoms with Gasteiger partial charge in [-0.05, 0) is 36.8 Å². The van der Waals surface area contributed by atoms with Crippen molar-refractivity contribution in [3.05, 3.63) is 59.8 Å². The summed E-state index contributed by atoms with van der Waals surface area (Å²) in [4.78, 5) is 14.8. The molecule has 3 rings (SSSR count). The fraction of sp³-hybridized carbons (Fsp3) is 0.250. The number of aromatic nitrogens is 1. The van der Waals surface area contributed by atoms with Crippen LogP contribution in [-0.2, 0) is 26.4 Å². The summed E-state index contributed by atoms with van der Waals surface area (Å²) in [6, 6.07) is 13.8. The van der Waals surface area contributed by atoms with Gasteiger partial charge in [0.25, 0.3) is 0 Å². The van der Waals surface area contributed by atoms with E-state index < -0.39 is 10.4 Å². The van der Waals surface area contributed by atoms with Crippen molar-refractivity contribution in [2.75, 3.05) is 31.1 Å². The van der Waals surface area contributed by atoms with Crippen LogP contribution in [0.5, 0.6) is 0 Å². The Morgan fingerprint density at radius 1 is 1.17 bits per heavy atom. The van der Waals surface area contributed by atoms with Gasteiger partial charge in [-0.2, -0.15) is 0 Å². The Kier molecular flexibility index (Phi) is 7.43. The first-order valence-electron chi connectivity index (χ1n) is 8.88. The number of carbonyl (C=O) groups is 1. The Morgan fingerprint density at radius 3 is 2.27 bits per heavy atom. The van der Waals surface area contributed by atoms with Gasteiger partial charge in [0.1, 0.15) is 0 Å². The lowest BCUT2D eigenvalue weighted by atomic mass is 10.1. The third kappa shape index (κ3) is 5.96. The maximum absolute atomic E-state index is 12.8. The molecule has 0 atom stereocenters. The van der Waals surface area contributed by atoms with Crippen molar-refractivity contribution in [1.82, 2.24) is 0 Å². The quantitative estimate of drug-likeness (QED) is 0.314. The molecule has 0 radical (unpaired) electrons. The number of carbonyl (C=O) groups excluding carboxylic acids is 1. The zero-order valence-corrected chi connectivity index (χ0v) is 18.3. The van der Waals surface area contributed by atoms with Gasteiger partial charge in [-0.1, -0.05) is 28.3 Å². The van der Waals surface area contributed by atoms with E-state index in [4.69, 9.17) is 0 Å². The number of amides is 1. The van der Waals surface area contributed by atoms with Gasteiger partial charge >= 0.3 is 11.7 Å². The number of anilines is 2. The fourth-order valence-electron chi connectivity index (χ4n) is 2.61. The first-order valence-corrected chi connectivity index (χ1v) is 10.2. The molecular weight excluding hydrogens is 408 g/mol. The van der Waals surface area contributed by atoms with Gasteiger partial charge in [-0.15, -0.1) is 0 Å². The summed E-state index contributed by atoms with van der Waals surface area (Å²) in [5, 5.41) is 5.88. The van der Waals surface area contributed by atoms with Crippen LogP contribution in [0, 0.1) is 0 Å². The molecule has 0 fully saturated rings. The highest BCUT2D eigenvalue weighted by atomic mass is 32.3. The summed E-state index contributed by atoms with van der Waals surface area (Å²) in [5.74, 6) is 0.638. The van der Waals surface area contributed by atoms with Crippen LogP contribution in [0.15, 0.2) is 59.3 Å². The molecule has 0 N–H and O–H groups in total. The molecule has 1 aliphatic rings. The van der Waals surface area contributed by atoms with Crippen LogP contribution in [0.25, 0.3) is 6.08 Å². The summed E-state index contributed by atoms with van der Waals surface area (Å²) >= 11 is 0. The average molecular weight is 433 g/mol. The molecule has 30 heavy (non-hydrogen) atoms. The minimum Gasteiger partial charge on any atom is -0.726 e. The molecule has 2 heterocycles. The molecule has 0 saturated heterocycles. The molecule has 10 heteroatoms. The highest BCUT2D eigenvalue weighted by Crippen LogP contribution is 2.23. The third-order valence-electron chi connectivity index (χ3n) is 4.23. The Bertz CT molecular complexity index is 1080. The number of benzene rings is 1. The maximum Gasteiger partial charge on any atom is 0.368 e. The fourth-order valence-corrected chi connectivity index (χ4v) is 2.61. The minimum absolute atomic E-state index is 0.106. The molecule has 1 amide bonds. The number of hydrogen-bond acceptors (Lipinski definition) is 7. The second-order valence-electron chi connectivity index (χ2n) is 6.59. The molecule has 0 aliphatic carbocycles. The number of hydrazone groups is 1. The molecular formula is C20H24N4O5S. The zero-order valence-electron chi connectivity index (χ0n) is 17.4. The Labute approximate surface area is 176 Å². The summed E-state index contributed by atoms with van der Waals surface area (Å²) in [6.07, 6.45) is 3.79. The topological polar surface area (TPSA) is 106 Å². The van der Waals surface area contributed by atoms with Gasteiger partial charge < -0.3 is 9.45 Å². The highest BCUT2D eigenvalue weighted by molar-refractivity contribution is 7.80. The monoisotopic (exact) mass is 432 g/mol. The van der Waals surface area contributed by atoms with Crippen molar-refractivity contribution >= 4 is 39.6 Å². The summed E-state index contributed by atoms with van der Waals surface area (Å²) in [5.41, 5.74) is 3.45. The van der Waals surface area contributed by atoms with E-state index in [1.54, 1.807) is 0 Å². The van der Waals surface area contributed by atoms with E-state index in [0.717, 1.165) is 29.9 Å². The van der Waals surface area contributed by atoms with Crippen LogP contribution in [-0.4, -0.2) is 45.8 Å². The van der Waals surface area contributed by atoms with Crippen molar-refractivity contribution in [3.8, 4) is 0 Å². The van der Waals surface area contributed by atoms with Crippen LogP contribution in [0.1, 0.15) is 12.5 Å². The van der Waals surface area contributed by atoms with E-state index in [0.29, 0.717) is 5.57 Å². The lowest BCUT2D eigenvalue weighted by Crippen LogP contribution is -2.37. The van der Waals surface area contributed by atoms with E-state index in [2.05, 4.69) is 9.28 Å². The number of aryl methyl sites for hydroxylation is 1. The van der Waals surface area contributed by atoms with Gasteiger partial charge in [0, 0.05) is 25.8 Å². The predicted octanol–water partition coefficient (Wildman–Crippen LogP) is 1.48. The normalized spacial score (nSPS) is 15.0. The second-order valence-corrected chi connectivity index (χ2v) is 7.74. The van der Waals surface area contributed by atoms with Gasteiger partial charge in [-0.3, -0.25) is 4.18 Å². The Hall–Kier alpha value is -3.08. The summed E-state index contributed by atoms with van der Waals surface area (Å²) in [7, 11) is 2.30. The van der Waals surface area contributed by atoms with Crippen LogP contribution in [0.2, 0.25) is 0 Å². The molecule has 0 unspecified atom stereocenters. The molecule has 0 spiro atoms. The van der Waals surface area contributed by atoms with E-state index >= 15 is 0 Å². The third-order valence-corrected chi connectivity index (χ3v) is 4.64. The van der Waals surface area contributed by atoms with Crippen molar-refractivity contribution < 1.29 is 26.5 Å². The molecule has 1 aliphatic heterocycles. The lowest BCUT2D eigenvalue weighted by Gasteiger charge is -2.11. The minimum atomic E-state index is -4.41. The Balaban J connectivity index is 0.000000469. The number of rotatable bonds is 4. The second kappa shape index (κ2) is 9.61. The largest absolute Gasteiger partial charge is 0.726 e. The van der Waals surface area contributed by atoms with Crippen molar-refractivity contribution in [2.24, 2.45) is 12.1 Å². The van der Waals surface area contributed by atoms with Crippen LogP contribution in [0.3, 0.4) is 0 Å². The first kappa shape index (κ1) is 23.2. The van der Waals surface area contributed by atoms with Gasteiger partial charge in [0.05, 0.1) is 31.6 Å². The molecule has 2 aromatic rings. The average Bonchev–Trinajstić information content (AvgIpc) is 2.97. The van der Waals surface area contributed by atoms with E-state index in [1.165, 1.54) is 5.01 Å². The van der Waals surface area contributed by atoms with E-state index in [1.807, 2.05) is 92.3 Å². The summed E-state index contributed by atoms with van der Waals surface area (Å²) in [6.45, 7) is 1.86. The van der Waals surface area contributed by atoms with Crippen molar-refractivity contribution in [3.63, 3.8) is 0 Å². The van der Waals surface area contributed by atoms with Crippen molar-refractivity contribution in [2.45, 2.75) is 6.92 Å². The van der Waals surface area contributed by atoms with Crippen LogP contribution in [0.4, 0.5) is 11.5 Å². The lowest BCUT2D eigenvalue weighted by molar-refractivity contribution is -0.658. The standard InChI is InChI=1S/C19H21N4O.CH4O4S/c1-14-17(13-15-8-10-16(11-9-15)21(2)3)19(24)23(20-14)18-7-5-6-12-22(18)4;1-5-6(2,3)4/h5-13H,1-4H3;1H3,(H,2,3,4)/q+1;/p-1/b17-13+;. The highest BCUT2D eigenvalue weighted by Gasteiger charge is 2.37. The van der Waals surface area contributed by atoms with E-state index in [-0.39, 0.29) is 5.91 Å².